The van der Waals surface area contributed by atoms with Crippen LogP contribution >= 0.6 is 0 Å². The molecule has 5 heteroatoms. The Balaban J connectivity index is 2.14. The molecule has 0 radical (unpaired) electrons. The minimum Gasteiger partial charge on any atom is -0.351 e. The van der Waals surface area contributed by atoms with Crippen LogP contribution in [-0.4, -0.2) is 17.0 Å². The number of rotatable bonds is 1. The molecule has 1 aromatic heterocycles. The molecule has 1 N–H and O–H groups in total. The average Bonchev–Trinajstić information content (AvgIpc) is 2.76. The first-order chi connectivity index (χ1) is 12.1. The average molecular weight is 333 g/mol. The molecule has 124 valence electrons. The zero-order valence-corrected chi connectivity index (χ0v) is 13.8. The van der Waals surface area contributed by atoms with Gasteiger partial charge in [0.25, 0.3) is 5.91 Å². The molecule has 3 aromatic rings. The van der Waals surface area contributed by atoms with E-state index in [4.69, 9.17) is 0 Å². The Morgan fingerprint density at radius 1 is 1.28 bits per heavy atom. The first-order valence-corrected chi connectivity index (χ1v) is 8.21. The van der Waals surface area contributed by atoms with Crippen LogP contribution in [0.15, 0.2) is 36.4 Å². The van der Waals surface area contributed by atoms with E-state index in [0.717, 1.165) is 28.5 Å². The van der Waals surface area contributed by atoms with Gasteiger partial charge in [-0.05, 0) is 48.7 Å². The lowest BCUT2D eigenvalue weighted by Crippen LogP contribution is -2.23. The number of fused-ring (bicyclic) bond motifs is 3. The highest BCUT2D eigenvalue weighted by molar-refractivity contribution is 6.06. The van der Waals surface area contributed by atoms with E-state index in [0.29, 0.717) is 29.9 Å². The van der Waals surface area contributed by atoms with E-state index in [1.54, 1.807) is 12.1 Å². The van der Waals surface area contributed by atoms with Crippen LogP contribution in [-0.2, 0) is 6.54 Å². The summed E-state index contributed by atoms with van der Waals surface area (Å²) in [5, 5.41) is 13.2. The summed E-state index contributed by atoms with van der Waals surface area (Å²) in [6.45, 7) is 3.23. The number of benzene rings is 2. The normalized spacial score (nSPS) is 13.9. The molecule has 0 spiro atoms. The summed E-state index contributed by atoms with van der Waals surface area (Å²) in [6.07, 6.45) is 0.824. The van der Waals surface area contributed by atoms with Gasteiger partial charge in [0, 0.05) is 24.0 Å². The molecule has 2 heterocycles. The van der Waals surface area contributed by atoms with Crippen molar-refractivity contribution in [2.75, 3.05) is 6.54 Å². The number of carbonyl (C=O) groups excluding carboxylic acids is 1. The maximum absolute atomic E-state index is 13.8. The summed E-state index contributed by atoms with van der Waals surface area (Å²) < 4.78 is 15.8. The Labute approximate surface area is 144 Å². The smallest absolute Gasteiger partial charge is 0.268 e. The highest BCUT2D eigenvalue weighted by atomic mass is 19.1. The van der Waals surface area contributed by atoms with Crippen LogP contribution in [0.4, 0.5) is 4.39 Å². The number of aryl methyl sites for hydroxylation is 2. The molecule has 0 fully saturated rings. The van der Waals surface area contributed by atoms with Crippen molar-refractivity contribution in [1.29, 1.82) is 5.26 Å². The van der Waals surface area contributed by atoms with Crippen molar-refractivity contribution in [3.8, 4) is 17.2 Å². The molecule has 1 amide bonds. The van der Waals surface area contributed by atoms with Crippen molar-refractivity contribution in [3.63, 3.8) is 0 Å². The van der Waals surface area contributed by atoms with E-state index >= 15 is 0 Å². The molecule has 0 aliphatic carbocycles. The fourth-order valence-corrected chi connectivity index (χ4v) is 3.63. The molecule has 0 saturated carbocycles. The Morgan fingerprint density at radius 3 is 2.88 bits per heavy atom. The molecule has 1 aliphatic heterocycles. The molecule has 0 unspecified atom stereocenters. The van der Waals surface area contributed by atoms with Gasteiger partial charge in [-0.15, -0.1) is 0 Å². The number of nitrogens with one attached hydrogen (secondary N) is 1. The van der Waals surface area contributed by atoms with Gasteiger partial charge >= 0.3 is 0 Å². The number of halogens is 1. The second kappa shape index (κ2) is 5.75. The minimum absolute atomic E-state index is 0.102. The largest absolute Gasteiger partial charge is 0.351 e. The second-order valence-corrected chi connectivity index (χ2v) is 6.28. The zero-order valence-electron chi connectivity index (χ0n) is 13.8. The van der Waals surface area contributed by atoms with Gasteiger partial charge in [-0.1, -0.05) is 12.1 Å². The fourth-order valence-electron chi connectivity index (χ4n) is 3.63. The van der Waals surface area contributed by atoms with E-state index < -0.39 is 0 Å². The molecule has 0 saturated heterocycles. The van der Waals surface area contributed by atoms with Gasteiger partial charge in [-0.2, -0.15) is 5.26 Å². The molecule has 0 bridgehead atoms. The third-order valence-electron chi connectivity index (χ3n) is 4.73. The number of hydrogen-bond acceptors (Lipinski definition) is 2. The molecule has 4 rings (SSSR count). The molecule has 25 heavy (non-hydrogen) atoms. The number of carbonyl (C=O) groups is 1. The van der Waals surface area contributed by atoms with Crippen molar-refractivity contribution < 1.29 is 9.18 Å². The maximum Gasteiger partial charge on any atom is 0.268 e. The van der Waals surface area contributed by atoms with Crippen molar-refractivity contribution in [2.45, 2.75) is 19.9 Å². The predicted octanol–water partition coefficient (Wildman–Crippen LogP) is 3.76. The van der Waals surface area contributed by atoms with Crippen LogP contribution in [0.5, 0.6) is 0 Å². The quantitative estimate of drug-likeness (QED) is 0.737. The SMILES string of the molecule is Cc1c2n(c3c(-c4cccc(F)c4)cc(C#N)cc13)CCCNC2=O. The van der Waals surface area contributed by atoms with Crippen molar-refractivity contribution in [3.05, 3.63) is 59.0 Å². The Hall–Kier alpha value is -3.13. The molecular formula is C20H16FN3O. The van der Waals surface area contributed by atoms with Crippen LogP contribution in [0.3, 0.4) is 0 Å². The fraction of sp³-hybridized carbons (Fsp3) is 0.200. The first kappa shape index (κ1) is 15.4. The van der Waals surface area contributed by atoms with Gasteiger partial charge in [0.05, 0.1) is 17.1 Å². The molecule has 4 nitrogen and oxygen atoms in total. The number of amides is 1. The van der Waals surface area contributed by atoms with E-state index in [2.05, 4.69) is 11.4 Å². The Bertz CT molecular complexity index is 1060. The molecular weight excluding hydrogens is 317 g/mol. The monoisotopic (exact) mass is 333 g/mol. The summed E-state index contributed by atoms with van der Waals surface area (Å²) in [5.74, 6) is -0.431. The van der Waals surface area contributed by atoms with Crippen molar-refractivity contribution in [2.24, 2.45) is 0 Å². The van der Waals surface area contributed by atoms with Crippen LogP contribution in [0.2, 0.25) is 0 Å². The van der Waals surface area contributed by atoms with Gasteiger partial charge in [0.2, 0.25) is 0 Å². The lowest BCUT2D eigenvalue weighted by molar-refractivity contribution is 0.0951. The summed E-state index contributed by atoms with van der Waals surface area (Å²) in [4.78, 5) is 12.5. The van der Waals surface area contributed by atoms with Crippen LogP contribution in [0.1, 0.15) is 28.0 Å². The van der Waals surface area contributed by atoms with Crippen LogP contribution in [0, 0.1) is 24.1 Å². The van der Waals surface area contributed by atoms with E-state index in [1.165, 1.54) is 12.1 Å². The van der Waals surface area contributed by atoms with Crippen molar-refractivity contribution in [1.82, 2.24) is 9.88 Å². The van der Waals surface area contributed by atoms with E-state index in [1.807, 2.05) is 23.6 Å². The molecule has 2 aromatic carbocycles. The summed E-state index contributed by atoms with van der Waals surface area (Å²) in [5.41, 5.74) is 4.33. The molecule has 1 aliphatic rings. The van der Waals surface area contributed by atoms with Gasteiger partial charge < -0.3 is 9.88 Å². The number of nitriles is 1. The molecule has 0 atom stereocenters. The topological polar surface area (TPSA) is 57.8 Å². The zero-order chi connectivity index (χ0) is 17.6. The lowest BCUT2D eigenvalue weighted by atomic mass is 9.98. The van der Waals surface area contributed by atoms with Gasteiger partial charge in [0.15, 0.2) is 0 Å². The van der Waals surface area contributed by atoms with E-state index in [9.17, 15) is 14.4 Å². The van der Waals surface area contributed by atoms with Gasteiger partial charge in [-0.3, -0.25) is 4.79 Å². The second-order valence-electron chi connectivity index (χ2n) is 6.28. The van der Waals surface area contributed by atoms with Crippen LogP contribution in [0.25, 0.3) is 22.0 Å². The van der Waals surface area contributed by atoms with Crippen LogP contribution < -0.4 is 5.32 Å². The highest BCUT2D eigenvalue weighted by Crippen LogP contribution is 2.36. The van der Waals surface area contributed by atoms with Gasteiger partial charge in [0.1, 0.15) is 11.5 Å². The Morgan fingerprint density at radius 2 is 2.12 bits per heavy atom. The number of aromatic nitrogens is 1. The third kappa shape index (κ3) is 2.38. The maximum atomic E-state index is 13.8. The predicted molar refractivity (Wildman–Crippen MR) is 93.7 cm³/mol. The van der Waals surface area contributed by atoms with Crippen molar-refractivity contribution >= 4 is 16.8 Å². The first-order valence-electron chi connectivity index (χ1n) is 8.21. The lowest BCUT2D eigenvalue weighted by Gasteiger charge is -2.11. The highest BCUT2D eigenvalue weighted by Gasteiger charge is 2.24. The third-order valence-corrected chi connectivity index (χ3v) is 4.73. The Kier molecular flexibility index (Phi) is 3.54. The number of nitrogens with zero attached hydrogens (tertiary/aromatic N) is 2. The summed E-state index contributed by atoms with van der Waals surface area (Å²) >= 11 is 0. The summed E-state index contributed by atoms with van der Waals surface area (Å²) in [6, 6.07) is 12.1. The number of hydrogen-bond donors (Lipinski definition) is 1. The van der Waals surface area contributed by atoms with Gasteiger partial charge in [-0.25, -0.2) is 4.39 Å². The summed E-state index contributed by atoms with van der Waals surface area (Å²) in [7, 11) is 0. The standard InChI is InChI=1S/C20H16FN3O/c1-12-16-8-13(11-22)9-17(14-4-2-5-15(21)10-14)19(16)24-7-3-6-23-20(25)18(12)24/h2,4-5,8-10H,3,6-7H2,1H3,(H,23,25). The minimum atomic E-state index is -0.329. The van der Waals surface area contributed by atoms with E-state index in [-0.39, 0.29) is 11.7 Å².